The molecule has 0 nitrogen and oxygen atoms in total. The van der Waals surface area contributed by atoms with Gasteiger partial charge >= 0.3 is 0 Å². The van der Waals surface area contributed by atoms with Gasteiger partial charge in [-0.15, -0.1) is 0 Å². The Kier molecular flexibility index (Phi) is 6.00. The molecule has 0 saturated carbocycles. The van der Waals surface area contributed by atoms with Gasteiger partial charge in [-0.05, 0) is 30.2 Å². The molecule has 0 N–H and O–H groups in total. The molecular formula is C11H15F3. The molecule has 3 heteroatoms. The monoisotopic (exact) mass is 204 g/mol. The molecule has 0 spiro atoms. The van der Waals surface area contributed by atoms with Crippen LogP contribution in [0.25, 0.3) is 0 Å². The number of hydrogen-bond donors (Lipinski definition) is 0. The van der Waals surface area contributed by atoms with E-state index in [0.717, 1.165) is 6.07 Å². The Morgan fingerprint density at radius 1 is 1.14 bits per heavy atom. The van der Waals surface area contributed by atoms with E-state index >= 15 is 0 Å². The van der Waals surface area contributed by atoms with Crippen LogP contribution in [-0.2, 0) is 6.42 Å². The highest BCUT2D eigenvalue weighted by Gasteiger charge is 2.08. The van der Waals surface area contributed by atoms with Gasteiger partial charge in [0.05, 0.1) is 0 Å². The van der Waals surface area contributed by atoms with Crippen LogP contribution >= 0.6 is 0 Å². The van der Waals surface area contributed by atoms with Gasteiger partial charge in [-0.3, -0.25) is 0 Å². The lowest BCUT2D eigenvalue weighted by atomic mass is 10.1. The van der Waals surface area contributed by atoms with Crippen molar-refractivity contribution in [3.05, 3.63) is 35.1 Å². The number of aryl methyl sites for hydroxylation is 1. The van der Waals surface area contributed by atoms with Gasteiger partial charge in [0.15, 0.2) is 0 Å². The van der Waals surface area contributed by atoms with E-state index in [2.05, 4.69) is 0 Å². The fourth-order valence-corrected chi connectivity index (χ4v) is 1.01. The summed E-state index contributed by atoms with van der Waals surface area (Å²) in [4.78, 5) is 0. The van der Waals surface area contributed by atoms with Crippen LogP contribution in [0.2, 0.25) is 0 Å². The first-order chi connectivity index (χ1) is 6.63. The molecule has 0 atom stereocenters. The van der Waals surface area contributed by atoms with E-state index in [1.807, 2.05) is 13.8 Å². The molecule has 0 bridgehead atoms. The summed E-state index contributed by atoms with van der Waals surface area (Å²) in [6, 6.07) is 3.46. The van der Waals surface area contributed by atoms with Crippen molar-refractivity contribution in [1.29, 1.82) is 0 Å². The summed E-state index contributed by atoms with van der Waals surface area (Å²) in [7, 11) is 0. The second kappa shape index (κ2) is 6.46. The summed E-state index contributed by atoms with van der Waals surface area (Å²) in [6.07, 6.45) is -2.02. The summed E-state index contributed by atoms with van der Waals surface area (Å²) in [5, 5.41) is 0. The summed E-state index contributed by atoms with van der Waals surface area (Å²) in [5.41, 5.74) is 0.358. The third kappa shape index (κ3) is 3.81. The van der Waals surface area contributed by atoms with Crippen molar-refractivity contribution in [2.45, 2.75) is 33.6 Å². The molecular weight excluding hydrogens is 189 g/mol. The van der Waals surface area contributed by atoms with Crippen molar-refractivity contribution < 1.29 is 13.2 Å². The molecule has 14 heavy (non-hydrogen) atoms. The first-order valence-corrected chi connectivity index (χ1v) is 4.71. The van der Waals surface area contributed by atoms with Crippen molar-refractivity contribution >= 4 is 0 Å². The van der Waals surface area contributed by atoms with Gasteiger partial charge in [-0.25, -0.2) is 13.2 Å². The van der Waals surface area contributed by atoms with Gasteiger partial charge < -0.3 is 0 Å². The average molecular weight is 204 g/mol. The highest BCUT2D eigenvalue weighted by molar-refractivity contribution is 5.25. The molecule has 0 unspecified atom stereocenters. The van der Waals surface area contributed by atoms with Gasteiger partial charge in [-0.1, -0.05) is 20.8 Å². The predicted molar refractivity (Wildman–Crippen MR) is 52.1 cm³/mol. The van der Waals surface area contributed by atoms with E-state index in [9.17, 15) is 13.2 Å². The minimum absolute atomic E-state index is 0.244. The Hall–Kier alpha value is -0.990. The summed E-state index contributed by atoms with van der Waals surface area (Å²) in [5.74, 6) is -0.593. The standard InChI is InChI=1S/C9H9F3.C2H6/c1-2-6-3-7(9(11)12)5-8(10)4-6;1-2/h3-5,9H,2H2,1H3;1-2H3. The number of alkyl halides is 2. The molecule has 0 aliphatic heterocycles. The predicted octanol–water partition coefficient (Wildman–Crippen LogP) is 4.35. The van der Waals surface area contributed by atoms with E-state index < -0.39 is 12.2 Å². The highest BCUT2D eigenvalue weighted by Crippen LogP contribution is 2.21. The Labute approximate surface area is 82.8 Å². The van der Waals surface area contributed by atoms with Gasteiger partial charge in [0.25, 0.3) is 6.43 Å². The van der Waals surface area contributed by atoms with Crippen molar-refractivity contribution in [3.8, 4) is 0 Å². The smallest absolute Gasteiger partial charge is 0.207 e. The van der Waals surface area contributed by atoms with E-state index in [1.54, 1.807) is 6.92 Å². The molecule has 0 amide bonds. The zero-order valence-corrected chi connectivity index (χ0v) is 8.65. The quantitative estimate of drug-likeness (QED) is 0.671. The van der Waals surface area contributed by atoms with E-state index in [1.165, 1.54) is 12.1 Å². The second-order valence-electron chi connectivity index (χ2n) is 2.55. The lowest BCUT2D eigenvalue weighted by Gasteiger charge is -2.02. The normalized spacial score (nSPS) is 9.64. The number of halogens is 3. The van der Waals surface area contributed by atoms with E-state index in [0.29, 0.717) is 12.0 Å². The van der Waals surface area contributed by atoms with E-state index in [-0.39, 0.29) is 5.56 Å². The Bertz CT molecular complexity index is 269. The maximum Gasteiger partial charge on any atom is 0.263 e. The van der Waals surface area contributed by atoms with Crippen molar-refractivity contribution in [1.82, 2.24) is 0 Å². The Balaban J connectivity index is 0.000000791. The van der Waals surface area contributed by atoms with Gasteiger partial charge in [0.2, 0.25) is 0 Å². The van der Waals surface area contributed by atoms with Crippen molar-refractivity contribution in [2.75, 3.05) is 0 Å². The minimum Gasteiger partial charge on any atom is -0.207 e. The van der Waals surface area contributed by atoms with Crippen LogP contribution in [0, 0.1) is 5.82 Å². The average Bonchev–Trinajstić information content (AvgIpc) is 2.20. The van der Waals surface area contributed by atoms with E-state index in [4.69, 9.17) is 0 Å². The molecule has 1 rings (SSSR count). The fourth-order valence-electron chi connectivity index (χ4n) is 1.01. The molecule has 0 aliphatic rings. The first-order valence-electron chi connectivity index (χ1n) is 4.71. The molecule has 0 aliphatic carbocycles. The number of benzene rings is 1. The molecule has 1 aromatic carbocycles. The Morgan fingerprint density at radius 2 is 1.71 bits per heavy atom. The van der Waals surface area contributed by atoms with Crippen molar-refractivity contribution in [2.24, 2.45) is 0 Å². The van der Waals surface area contributed by atoms with Crippen LogP contribution in [0.4, 0.5) is 13.2 Å². The van der Waals surface area contributed by atoms with Crippen LogP contribution < -0.4 is 0 Å². The molecule has 0 fully saturated rings. The maximum absolute atomic E-state index is 12.6. The highest BCUT2D eigenvalue weighted by atomic mass is 19.3. The third-order valence-electron chi connectivity index (χ3n) is 1.64. The van der Waals surface area contributed by atoms with Crippen LogP contribution in [-0.4, -0.2) is 0 Å². The molecule has 0 saturated heterocycles. The maximum atomic E-state index is 12.6. The number of hydrogen-bond acceptors (Lipinski definition) is 0. The topological polar surface area (TPSA) is 0 Å². The van der Waals surface area contributed by atoms with Crippen LogP contribution in [0.15, 0.2) is 18.2 Å². The van der Waals surface area contributed by atoms with Crippen LogP contribution in [0.5, 0.6) is 0 Å². The van der Waals surface area contributed by atoms with Crippen LogP contribution in [0.1, 0.15) is 38.3 Å². The molecule has 1 aromatic rings. The molecule has 0 radical (unpaired) electrons. The largest absolute Gasteiger partial charge is 0.263 e. The lowest BCUT2D eigenvalue weighted by Crippen LogP contribution is -1.90. The first kappa shape index (κ1) is 13.0. The fraction of sp³-hybridized carbons (Fsp3) is 0.455. The zero-order valence-electron chi connectivity index (χ0n) is 8.65. The summed E-state index contributed by atoms with van der Waals surface area (Å²) in [6.45, 7) is 5.80. The zero-order chi connectivity index (χ0) is 11.1. The molecule has 80 valence electrons. The summed E-state index contributed by atoms with van der Waals surface area (Å²) < 4.78 is 36.8. The molecule has 0 heterocycles. The van der Waals surface area contributed by atoms with Gasteiger partial charge in [0.1, 0.15) is 5.82 Å². The van der Waals surface area contributed by atoms with Crippen LogP contribution in [0.3, 0.4) is 0 Å². The minimum atomic E-state index is -2.59. The van der Waals surface area contributed by atoms with Gasteiger partial charge in [0, 0.05) is 5.56 Å². The van der Waals surface area contributed by atoms with Crippen molar-refractivity contribution in [3.63, 3.8) is 0 Å². The molecule has 0 aromatic heterocycles. The lowest BCUT2D eigenvalue weighted by molar-refractivity contribution is 0.151. The second-order valence-corrected chi connectivity index (χ2v) is 2.55. The Morgan fingerprint density at radius 3 is 2.14 bits per heavy atom. The van der Waals surface area contributed by atoms with Gasteiger partial charge in [-0.2, -0.15) is 0 Å². The number of rotatable bonds is 2. The summed E-state index contributed by atoms with van der Waals surface area (Å²) >= 11 is 0. The SMILES string of the molecule is CC.CCc1cc(F)cc(C(F)F)c1. The third-order valence-corrected chi connectivity index (χ3v) is 1.64.